The maximum Gasteiger partial charge on any atom is 0.262 e. The summed E-state index contributed by atoms with van der Waals surface area (Å²) in [6.07, 6.45) is 1.52. The van der Waals surface area contributed by atoms with E-state index >= 15 is 0 Å². The summed E-state index contributed by atoms with van der Waals surface area (Å²) in [5.41, 5.74) is 1.34. The molecule has 174 valence electrons. The summed E-state index contributed by atoms with van der Waals surface area (Å²) in [7, 11) is -3.83. The van der Waals surface area contributed by atoms with Crippen molar-refractivity contribution in [1.29, 1.82) is 0 Å². The van der Waals surface area contributed by atoms with E-state index in [1.165, 1.54) is 18.3 Å². The zero-order chi connectivity index (χ0) is 23.3. The molecule has 1 saturated heterocycles. The Bertz CT molecular complexity index is 1170. The zero-order valence-corrected chi connectivity index (χ0v) is 20.0. The van der Waals surface area contributed by atoms with E-state index in [1.807, 2.05) is 30.3 Å². The molecule has 0 bridgehead atoms. The minimum absolute atomic E-state index is 0.112. The van der Waals surface area contributed by atoms with Crippen molar-refractivity contribution in [2.24, 2.45) is 0 Å². The summed E-state index contributed by atoms with van der Waals surface area (Å²) < 4.78 is 28.5. The van der Waals surface area contributed by atoms with E-state index in [2.05, 4.69) is 31.7 Å². The molecule has 3 aromatic rings. The van der Waals surface area contributed by atoms with Gasteiger partial charge in [0.15, 0.2) is 5.82 Å². The summed E-state index contributed by atoms with van der Waals surface area (Å²) in [6.45, 7) is 7.19. The van der Waals surface area contributed by atoms with Crippen molar-refractivity contribution < 1.29 is 8.42 Å². The van der Waals surface area contributed by atoms with Gasteiger partial charge < -0.3 is 15.1 Å². The Morgan fingerprint density at radius 2 is 1.70 bits per heavy atom. The first kappa shape index (κ1) is 23.3. The van der Waals surface area contributed by atoms with Crippen molar-refractivity contribution in [3.8, 4) is 0 Å². The number of hydrogen-bond donors (Lipinski definition) is 2. The second kappa shape index (κ2) is 10.4. The molecule has 0 aliphatic carbocycles. The summed E-state index contributed by atoms with van der Waals surface area (Å²) in [5, 5.41) is 3.74. The average Bonchev–Trinajstić information content (AvgIpc) is 2.84. The topological polar surface area (TPSA) is 90.5 Å². The van der Waals surface area contributed by atoms with Crippen molar-refractivity contribution in [2.45, 2.75) is 18.4 Å². The molecule has 0 atom stereocenters. The second-order valence-electron chi connectivity index (χ2n) is 7.75. The van der Waals surface area contributed by atoms with E-state index in [0.717, 1.165) is 38.3 Å². The average molecular weight is 487 g/mol. The van der Waals surface area contributed by atoms with E-state index in [4.69, 9.17) is 16.6 Å². The van der Waals surface area contributed by atoms with Crippen LogP contribution in [-0.2, 0) is 16.6 Å². The van der Waals surface area contributed by atoms with Gasteiger partial charge in [-0.2, -0.15) is 4.98 Å². The Morgan fingerprint density at radius 3 is 2.36 bits per heavy atom. The van der Waals surface area contributed by atoms with Crippen LogP contribution in [0.3, 0.4) is 0 Å². The fourth-order valence-electron chi connectivity index (χ4n) is 3.60. The fourth-order valence-corrected chi connectivity index (χ4v) is 4.77. The number of nitrogens with zero attached hydrogens (tertiary/aromatic N) is 4. The van der Waals surface area contributed by atoms with E-state index < -0.39 is 10.0 Å². The third-order valence-electron chi connectivity index (χ3n) is 5.55. The summed E-state index contributed by atoms with van der Waals surface area (Å²) in [4.78, 5) is 13.8. The summed E-state index contributed by atoms with van der Waals surface area (Å²) in [5.74, 6) is 1.01. The highest BCUT2D eigenvalue weighted by Gasteiger charge is 2.21. The normalized spacial score (nSPS) is 14.8. The maximum absolute atomic E-state index is 12.9. The van der Waals surface area contributed by atoms with Gasteiger partial charge in [-0.05, 0) is 36.4 Å². The molecule has 0 spiro atoms. The fraction of sp³-hybridized carbons (Fsp3) is 0.304. The van der Waals surface area contributed by atoms with Crippen molar-refractivity contribution in [3.63, 3.8) is 0 Å². The molecule has 2 aromatic carbocycles. The number of hydrogen-bond acceptors (Lipinski definition) is 7. The standard InChI is InChI=1S/C23H27ClN6O2S/c1-2-29-12-14-30(15-13-29)23-26-17-21(22(27-23)25-16-18-6-4-3-5-7-18)28-33(31,32)20-10-8-19(24)9-11-20/h3-11,17,28H,2,12-16H2,1H3,(H,25,26,27). The molecule has 0 amide bonds. The largest absolute Gasteiger partial charge is 0.364 e. The molecule has 10 heteroatoms. The summed E-state index contributed by atoms with van der Waals surface area (Å²) >= 11 is 5.90. The number of halogens is 1. The number of rotatable bonds is 8. The van der Waals surface area contributed by atoms with Crippen LogP contribution in [0, 0.1) is 0 Å². The molecule has 1 fully saturated rings. The number of likely N-dealkylation sites (N-methyl/N-ethyl adjacent to an activating group) is 1. The molecule has 8 nitrogen and oxygen atoms in total. The van der Waals surface area contributed by atoms with Gasteiger partial charge in [-0.1, -0.05) is 48.9 Å². The lowest BCUT2D eigenvalue weighted by atomic mass is 10.2. The van der Waals surface area contributed by atoms with Crippen LogP contribution in [0.5, 0.6) is 0 Å². The smallest absolute Gasteiger partial charge is 0.262 e. The van der Waals surface area contributed by atoms with Crippen LogP contribution in [0.15, 0.2) is 65.7 Å². The van der Waals surface area contributed by atoms with Gasteiger partial charge in [0.2, 0.25) is 5.95 Å². The molecule has 1 aliphatic heterocycles. The van der Waals surface area contributed by atoms with E-state index in [-0.39, 0.29) is 10.6 Å². The Labute approximate surface area is 199 Å². The Morgan fingerprint density at radius 1 is 1.00 bits per heavy atom. The monoisotopic (exact) mass is 486 g/mol. The van der Waals surface area contributed by atoms with Crippen molar-refractivity contribution >= 4 is 39.1 Å². The third-order valence-corrected chi connectivity index (χ3v) is 7.18. The molecule has 1 aromatic heterocycles. The lowest BCUT2D eigenvalue weighted by molar-refractivity contribution is 0.270. The molecule has 1 aliphatic rings. The molecule has 0 unspecified atom stereocenters. The highest BCUT2D eigenvalue weighted by molar-refractivity contribution is 7.92. The van der Waals surface area contributed by atoms with Crippen LogP contribution in [-0.4, -0.2) is 56.0 Å². The third kappa shape index (κ3) is 5.93. The zero-order valence-electron chi connectivity index (χ0n) is 18.4. The highest BCUT2D eigenvalue weighted by Crippen LogP contribution is 2.26. The first-order valence-electron chi connectivity index (χ1n) is 10.8. The van der Waals surface area contributed by atoms with Gasteiger partial charge in [0.1, 0.15) is 5.69 Å². The lowest BCUT2D eigenvalue weighted by Gasteiger charge is -2.34. The lowest BCUT2D eigenvalue weighted by Crippen LogP contribution is -2.46. The number of nitrogens with one attached hydrogen (secondary N) is 2. The van der Waals surface area contributed by atoms with Crippen LogP contribution in [0.1, 0.15) is 12.5 Å². The van der Waals surface area contributed by atoms with Gasteiger partial charge in [0.25, 0.3) is 10.0 Å². The van der Waals surface area contributed by atoms with Crippen molar-refractivity contribution in [3.05, 3.63) is 71.4 Å². The molecular formula is C23H27ClN6O2S. The van der Waals surface area contributed by atoms with Crippen LogP contribution in [0.4, 0.5) is 17.5 Å². The van der Waals surface area contributed by atoms with E-state index in [0.29, 0.717) is 23.3 Å². The predicted octanol–water partition coefficient (Wildman–Crippen LogP) is 3.68. The number of sulfonamides is 1. The van der Waals surface area contributed by atoms with Gasteiger partial charge in [-0.3, -0.25) is 4.72 Å². The Balaban J connectivity index is 1.59. The SMILES string of the molecule is CCN1CCN(c2ncc(NS(=O)(=O)c3ccc(Cl)cc3)c(NCc3ccccc3)n2)CC1. The van der Waals surface area contributed by atoms with E-state index in [1.54, 1.807) is 12.1 Å². The van der Waals surface area contributed by atoms with Crippen molar-refractivity contribution in [2.75, 3.05) is 47.7 Å². The van der Waals surface area contributed by atoms with Crippen LogP contribution >= 0.6 is 11.6 Å². The second-order valence-corrected chi connectivity index (χ2v) is 9.87. The minimum atomic E-state index is -3.83. The van der Waals surface area contributed by atoms with E-state index in [9.17, 15) is 8.42 Å². The van der Waals surface area contributed by atoms with Gasteiger partial charge >= 0.3 is 0 Å². The molecule has 33 heavy (non-hydrogen) atoms. The molecular weight excluding hydrogens is 460 g/mol. The van der Waals surface area contributed by atoms with Crippen LogP contribution in [0.2, 0.25) is 5.02 Å². The number of piperazine rings is 1. The molecule has 4 rings (SSSR count). The quantitative estimate of drug-likeness (QED) is 0.501. The van der Waals surface area contributed by atoms with Gasteiger partial charge in [0.05, 0.1) is 11.1 Å². The number of anilines is 3. The van der Waals surface area contributed by atoms with Crippen molar-refractivity contribution in [1.82, 2.24) is 14.9 Å². The molecule has 2 heterocycles. The molecule has 0 radical (unpaired) electrons. The predicted molar refractivity (Wildman–Crippen MR) is 132 cm³/mol. The Kier molecular flexibility index (Phi) is 7.32. The first-order chi connectivity index (χ1) is 15.9. The van der Waals surface area contributed by atoms with Crippen LogP contribution in [0.25, 0.3) is 0 Å². The Hall–Kier alpha value is -2.88. The minimum Gasteiger partial charge on any atom is -0.364 e. The maximum atomic E-state index is 12.9. The highest BCUT2D eigenvalue weighted by atomic mass is 35.5. The summed E-state index contributed by atoms with van der Waals surface area (Å²) in [6, 6.07) is 15.9. The van der Waals surface area contributed by atoms with Gasteiger partial charge in [-0.15, -0.1) is 0 Å². The first-order valence-corrected chi connectivity index (χ1v) is 12.7. The van der Waals surface area contributed by atoms with Gasteiger partial charge in [0, 0.05) is 37.7 Å². The number of aromatic nitrogens is 2. The van der Waals surface area contributed by atoms with Crippen LogP contribution < -0.4 is 14.9 Å². The number of benzene rings is 2. The van der Waals surface area contributed by atoms with Gasteiger partial charge in [-0.25, -0.2) is 13.4 Å². The molecule has 0 saturated carbocycles. The molecule has 2 N–H and O–H groups in total.